The molecule has 0 radical (unpaired) electrons. The Hall–Kier alpha value is -4.38. The first-order valence-electron chi connectivity index (χ1n) is 14.1. The second-order valence-electron chi connectivity index (χ2n) is 10.2. The van der Waals surface area contributed by atoms with Crippen LogP contribution in [-0.4, -0.2) is 0 Å². The highest BCUT2D eigenvalue weighted by atomic mass is 32.2. The minimum Gasteiger partial charge on any atom is -0.453 e. The molecule has 0 aliphatic carbocycles. The standard InChI is InChI=1S/C38H29NOS2/c1-3-11-28(12-4-1)19-20-29-25-33(41-31-13-5-2-6-14-31)27-34(26-29)42-32-23-21-30(22-24-32)39-35-15-7-9-17-37(35)40-38-18-10-8-16-36(38)39/h1-18,21-27H,19-20H2. The molecule has 0 bridgehead atoms. The van der Waals surface area contributed by atoms with Crippen molar-refractivity contribution >= 4 is 40.6 Å². The van der Waals surface area contributed by atoms with Crippen LogP contribution in [0.1, 0.15) is 11.1 Å². The maximum atomic E-state index is 6.20. The summed E-state index contributed by atoms with van der Waals surface area (Å²) in [6, 6.07) is 53.7. The monoisotopic (exact) mass is 579 g/mol. The number of nitrogens with zero attached hydrogens (tertiary/aromatic N) is 1. The average molecular weight is 580 g/mol. The second kappa shape index (κ2) is 12.2. The number of para-hydroxylation sites is 4. The van der Waals surface area contributed by atoms with E-state index in [9.17, 15) is 0 Å². The predicted octanol–water partition coefficient (Wildman–Crippen LogP) is 11.3. The predicted molar refractivity (Wildman–Crippen MR) is 176 cm³/mol. The Morgan fingerprint density at radius 1 is 0.429 bits per heavy atom. The summed E-state index contributed by atoms with van der Waals surface area (Å²) in [5.41, 5.74) is 5.94. The Kier molecular flexibility index (Phi) is 7.72. The van der Waals surface area contributed by atoms with Gasteiger partial charge in [0.15, 0.2) is 11.5 Å². The molecule has 42 heavy (non-hydrogen) atoms. The molecule has 204 valence electrons. The molecule has 0 saturated carbocycles. The summed E-state index contributed by atoms with van der Waals surface area (Å²) in [7, 11) is 0. The van der Waals surface area contributed by atoms with E-state index in [-0.39, 0.29) is 0 Å². The Morgan fingerprint density at radius 3 is 1.55 bits per heavy atom. The van der Waals surface area contributed by atoms with Gasteiger partial charge in [-0.05, 0) is 103 Å². The van der Waals surface area contributed by atoms with Gasteiger partial charge in [0.1, 0.15) is 0 Å². The molecular formula is C38H29NOS2. The number of ether oxygens (including phenoxy) is 1. The number of hydrogen-bond donors (Lipinski definition) is 0. The molecule has 1 aliphatic heterocycles. The lowest BCUT2D eigenvalue weighted by Crippen LogP contribution is -2.15. The zero-order chi connectivity index (χ0) is 28.1. The highest BCUT2D eigenvalue weighted by molar-refractivity contribution is 8.00. The van der Waals surface area contributed by atoms with Crippen molar-refractivity contribution in [3.05, 3.63) is 163 Å². The molecule has 4 heteroatoms. The van der Waals surface area contributed by atoms with Gasteiger partial charge in [0.25, 0.3) is 0 Å². The third kappa shape index (κ3) is 5.96. The first-order chi connectivity index (χ1) is 20.8. The van der Waals surface area contributed by atoms with E-state index < -0.39 is 0 Å². The zero-order valence-electron chi connectivity index (χ0n) is 23.0. The van der Waals surface area contributed by atoms with Gasteiger partial charge in [0.2, 0.25) is 0 Å². The fourth-order valence-electron chi connectivity index (χ4n) is 5.23. The van der Waals surface area contributed by atoms with Crippen molar-refractivity contribution in [3.8, 4) is 11.5 Å². The molecule has 0 amide bonds. The number of aryl methyl sites for hydroxylation is 2. The lowest BCUT2D eigenvalue weighted by molar-refractivity contribution is 0.477. The summed E-state index contributed by atoms with van der Waals surface area (Å²) in [5.74, 6) is 1.73. The van der Waals surface area contributed by atoms with Crippen molar-refractivity contribution in [2.24, 2.45) is 0 Å². The van der Waals surface area contributed by atoms with Gasteiger partial charge in [-0.2, -0.15) is 0 Å². The first-order valence-corrected chi connectivity index (χ1v) is 15.8. The molecule has 0 saturated heterocycles. The minimum absolute atomic E-state index is 0.866. The Bertz CT molecular complexity index is 1760. The first kappa shape index (κ1) is 26.5. The zero-order valence-corrected chi connectivity index (χ0v) is 24.7. The number of rotatable bonds is 8. The Labute approximate surface area is 256 Å². The third-order valence-electron chi connectivity index (χ3n) is 7.23. The number of benzene rings is 6. The van der Waals surface area contributed by atoms with Crippen LogP contribution in [-0.2, 0) is 12.8 Å². The van der Waals surface area contributed by atoms with Crippen LogP contribution in [0.2, 0.25) is 0 Å². The van der Waals surface area contributed by atoms with Crippen molar-refractivity contribution in [2.75, 3.05) is 4.90 Å². The summed E-state index contributed by atoms with van der Waals surface area (Å²) < 4.78 is 6.20. The molecule has 1 heterocycles. The fraction of sp³-hybridized carbons (Fsp3) is 0.0526. The second-order valence-corrected chi connectivity index (χ2v) is 12.5. The topological polar surface area (TPSA) is 12.5 Å². The van der Waals surface area contributed by atoms with Gasteiger partial charge >= 0.3 is 0 Å². The van der Waals surface area contributed by atoms with Crippen LogP contribution in [0, 0.1) is 0 Å². The summed E-state index contributed by atoms with van der Waals surface area (Å²) in [5, 5.41) is 0. The molecule has 0 N–H and O–H groups in total. The minimum atomic E-state index is 0.866. The number of fused-ring (bicyclic) bond motifs is 2. The highest BCUT2D eigenvalue weighted by Crippen LogP contribution is 2.50. The Morgan fingerprint density at radius 2 is 0.929 bits per heavy atom. The van der Waals surface area contributed by atoms with Crippen molar-refractivity contribution < 1.29 is 4.74 Å². The molecule has 0 spiro atoms. The van der Waals surface area contributed by atoms with Crippen molar-refractivity contribution in [2.45, 2.75) is 32.4 Å². The summed E-state index contributed by atoms with van der Waals surface area (Å²) in [6.45, 7) is 0. The van der Waals surface area contributed by atoms with Crippen LogP contribution in [0.5, 0.6) is 11.5 Å². The molecule has 0 unspecified atom stereocenters. The van der Waals surface area contributed by atoms with E-state index in [0.29, 0.717) is 0 Å². The smallest absolute Gasteiger partial charge is 0.151 e. The van der Waals surface area contributed by atoms with Gasteiger partial charge in [0.05, 0.1) is 11.4 Å². The molecule has 1 aliphatic rings. The van der Waals surface area contributed by atoms with Crippen LogP contribution in [0.4, 0.5) is 17.1 Å². The summed E-state index contributed by atoms with van der Waals surface area (Å²) >= 11 is 3.64. The molecule has 0 atom stereocenters. The van der Waals surface area contributed by atoms with Crippen molar-refractivity contribution in [1.82, 2.24) is 0 Å². The van der Waals surface area contributed by atoms with Crippen molar-refractivity contribution in [3.63, 3.8) is 0 Å². The van der Waals surface area contributed by atoms with Gasteiger partial charge in [-0.25, -0.2) is 0 Å². The van der Waals surface area contributed by atoms with Gasteiger partial charge in [-0.1, -0.05) is 96.3 Å². The molecule has 2 nitrogen and oxygen atoms in total. The van der Waals surface area contributed by atoms with E-state index >= 15 is 0 Å². The molecule has 6 aromatic carbocycles. The summed E-state index contributed by atoms with van der Waals surface area (Å²) in [4.78, 5) is 7.27. The largest absolute Gasteiger partial charge is 0.453 e. The van der Waals surface area contributed by atoms with E-state index in [1.54, 1.807) is 0 Å². The maximum Gasteiger partial charge on any atom is 0.151 e. The Balaban J connectivity index is 1.16. The van der Waals surface area contributed by atoms with Crippen LogP contribution in [0.15, 0.2) is 171 Å². The van der Waals surface area contributed by atoms with E-state index in [1.807, 2.05) is 47.8 Å². The average Bonchev–Trinajstić information content (AvgIpc) is 3.04. The quantitative estimate of drug-likeness (QED) is 0.177. The van der Waals surface area contributed by atoms with E-state index in [0.717, 1.165) is 41.4 Å². The van der Waals surface area contributed by atoms with Gasteiger partial charge in [0, 0.05) is 25.3 Å². The third-order valence-corrected chi connectivity index (χ3v) is 9.19. The number of hydrogen-bond acceptors (Lipinski definition) is 4. The lowest BCUT2D eigenvalue weighted by atomic mass is 10.0. The summed E-state index contributed by atoms with van der Waals surface area (Å²) in [6.07, 6.45) is 2.04. The van der Waals surface area contributed by atoms with Crippen LogP contribution < -0.4 is 9.64 Å². The van der Waals surface area contributed by atoms with Crippen LogP contribution in [0.25, 0.3) is 0 Å². The van der Waals surface area contributed by atoms with Crippen LogP contribution >= 0.6 is 23.5 Å². The molecular weight excluding hydrogens is 551 g/mol. The molecule has 0 fully saturated rings. The normalized spacial score (nSPS) is 11.9. The molecule has 0 aromatic heterocycles. The van der Waals surface area contributed by atoms with Crippen molar-refractivity contribution in [1.29, 1.82) is 0 Å². The van der Waals surface area contributed by atoms with Gasteiger partial charge < -0.3 is 9.64 Å². The molecule has 6 aromatic rings. The van der Waals surface area contributed by atoms with E-state index in [4.69, 9.17) is 4.74 Å². The SMILES string of the molecule is c1ccc(CCc2cc(Sc3ccccc3)cc(Sc3ccc(N4c5ccccc5Oc5ccccc54)cc3)c2)cc1. The highest BCUT2D eigenvalue weighted by Gasteiger charge is 2.25. The van der Waals surface area contributed by atoms with E-state index in [1.165, 1.54) is 30.7 Å². The molecule has 7 rings (SSSR count). The van der Waals surface area contributed by atoms with E-state index in [2.05, 4.69) is 132 Å². The fourth-order valence-corrected chi connectivity index (χ4v) is 7.21. The maximum absolute atomic E-state index is 6.20. The van der Waals surface area contributed by atoms with Gasteiger partial charge in [-0.3, -0.25) is 0 Å². The van der Waals surface area contributed by atoms with Gasteiger partial charge in [-0.15, -0.1) is 0 Å². The lowest BCUT2D eigenvalue weighted by Gasteiger charge is -2.32. The number of anilines is 3. The van der Waals surface area contributed by atoms with Crippen LogP contribution in [0.3, 0.4) is 0 Å².